The van der Waals surface area contributed by atoms with Crippen molar-refractivity contribution >= 4 is 35.0 Å². The number of piperazine rings is 1. The van der Waals surface area contributed by atoms with Crippen molar-refractivity contribution in [2.24, 2.45) is 0 Å². The van der Waals surface area contributed by atoms with Crippen LogP contribution in [0.3, 0.4) is 0 Å². The Labute approximate surface area is 227 Å². The molecule has 10 heteroatoms. The summed E-state index contributed by atoms with van der Waals surface area (Å²) in [6.45, 7) is 5.73. The Morgan fingerprint density at radius 2 is 1.86 bits per heavy atom. The standard InChI is InChI=1S/C27H31Cl2N5O3/c1-33-10-12-34(13-11-33)14-15-37-26(35)21-5-3-4-20(16-21)24-18-25(32-27(31-24)36-2)30-9-8-19-6-7-22(28)17-23(19)29/h3-7,16-18H,8-15H2,1-2H3,(H,30,31,32). The molecule has 1 aliphatic heterocycles. The number of aromatic nitrogens is 2. The minimum absolute atomic E-state index is 0.227. The monoisotopic (exact) mass is 543 g/mol. The van der Waals surface area contributed by atoms with Crippen molar-refractivity contribution in [2.75, 3.05) is 65.3 Å². The Morgan fingerprint density at radius 3 is 2.62 bits per heavy atom. The SMILES string of the molecule is COc1nc(NCCc2ccc(Cl)cc2Cl)cc(-c2cccc(C(=O)OCCN3CCN(C)CC3)c2)n1. The van der Waals surface area contributed by atoms with Crippen molar-refractivity contribution < 1.29 is 14.3 Å². The fourth-order valence-electron chi connectivity index (χ4n) is 4.03. The molecule has 0 amide bonds. The van der Waals surface area contributed by atoms with Gasteiger partial charge in [0.1, 0.15) is 12.4 Å². The number of halogens is 2. The minimum atomic E-state index is -0.352. The van der Waals surface area contributed by atoms with E-state index in [1.54, 1.807) is 18.2 Å². The van der Waals surface area contributed by atoms with Crippen molar-refractivity contribution in [1.29, 1.82) is 0 Å². The van der Waals surface area contributed by atoms with Crippen LogP contribution in [0.4, 0.5) is 5.82 Å². The van der Waals surface area contributed by atoms with E-state index in [1.807, 2.05) is 30.3 Å². The van der Waals surface area contributed by atoms with Gasteiger partial charge < -0.3 is 19.7 Å². The first kappa shape index (κ1) is 27.1. The molecule has 0 atom stereocenters. The van der Waals surface area contributed by atoms with Gasteiger partial charge in [-0.1, -0.05) is 41.4 Å². The molecule has 2 heterocycles. The van der Waals surface area contributed by atoms with E-state index in [-0.39, 0.29) is 12.0 Å². The molecular weight excluding hydrogens is 513 g/mol. The molecule has 1 fully saturated rings. The average molecular weight is 544 g/mol. The fourth-order valence-corrected chi connectivity index (χ4v) is 4.54. The van der Waals surface area contributed by atoms with Gasteiger partial charge in [-0.2, -0.15) is 9.97 Å². The molecule has 1 saturated heterocycles. The summed E-state index contributed by atoms with van der Waals surface area (Å²) >= 11 is 12.3. The van der Waals surface area contributed by atoms with Gasteiger partial charge in [0.15, 0.2) is 0 Å². The first-order chi connectivity index (χ1) is 17.9. The van der Waals surface area contributed by atoms with E-state index in [0.717, 1.165) is 43.9 Å². The Kier molecular flexibility index (Phi) is 9.57. The van der Waals surface area contributed by atoms with Crippen LogP contribution in [-0.4, -0.2) is 85.8 Å². The van der Waals surface area contributed by atoms with E-state index in [4.69, 9.17) is 32.7 Å². The molecule has 0 saturated carbocycles. The summed E-state index contributed by atoms with van der Waals surface area (Å²) < 4.78 is 10.9. The van der Waals surface area contributed by atoms with Gasteiger partial charge in [0, 0.05) is 60.9 Å². The van der Waals surface area contributed by atoms with Crippen LogP contribution < -0.4 is 10.1 Å². The highest BCUT2D eigenvalue weighted by atomic mass is 35.5. The molecule has 196 valence electrons. The highest BCUT2D eigenvalue weighted by molar-refractivity contribution is 6.35. The first-order valence-electron chi connectivity index (χ1n) is 12.2. The average Bonchev–Trinajstić information content (AvgIpc) is 2.91. The van der Waals surface area contributed by atoms with Crippen LogP contribution in [0.15, 0.2) is 48.5 Å². The Hall–Kier alpha value is -2.91. The Bertz CT molecular complexity index is 1220. The second-order valence-corrected chi connectivity index (χ2v) is 9.74. The summed E-state index contributed by atoms with van der Waals surface area (Å²) in [5.74, 6) is 0.252. The maximum Gasteiger partial charge on any atom is 0.338 e. The first-order valence-corrected chi connectivity index (χ1v) is 13.0. The van der Waals surface area contributed by atoms with Crippen LogP contribution in [0.2, 0.25) is 10.0 Å². The molecule has 0 aliphatic carbocycles. The topological polar surface area (TPSA) is 79.8 Å². The molecule has 37 heavy (non-hydrogen) atoms. The number of rotatable bonds is 10. The molecule has 0 unspecified atom stereocenters. The van der Waals surface area contributed by atoms with Crippen molar-refractivity contribution in [1.82, 2.24) is 19.8 Å². The van der Waals surface area contributed by atoms with Crippen LogP contribution >= 0.6 is 23.2 Å². The molecule has 1 aliphatic rings. The van der Waals surface area contributed by atoms with Gasteiger partial charge >= 0.3 is 12.0 Å². The quantitative estimate of drug-likeness (QED) is 0.374. The maximum atomic E-state index is 12.7. The smallest absolute Gasteiger partial charge is 0.338 e. The van der Waals surface area contributed by atoms with Gasteiger partial charge in [-0.15, -0.1) is 0 Å². The van der Waals surface area contributed by atoms with Gasteiger partial charge in [-0.3, -0.25) is 4.90 Å². The molecular formula is C27H31Cl2N5O3. The fraction of sp³-hybridized carbons (Fsp3) is 0.370. The maximum absolute atomic E-state index is 12.7. The lowest BCUT2D eigenvalue weighted by Crippen LogP contribution is -2.45. The van der Waals surface area contributed by atoms with Crippen LogP contribution in [0.25, 0.3) is 11.3 Å². The van der Waals surface area contributed by atoms with E-state index in [9.17, 15) is 4.79 Å². The van der Waals surface area contributed by atoms with E-state index in [0.29, 0.717) is 46.7 Å². The van der Waals surface area contributed by atoms with Crippen molar-refractivity contribution in [3.05, 3.63) is 69.7 Å². The lowest BCUT2D eigenvalue weighted by atomic mass is 10.1. The molecule has 4 rings (SSSR count). The molecule has 0 spiro atoms. The number of esters is 1. The normalized spacial score (nSPS) is 14.4. The van der Waals surface area contributed by atoms with Gasteiger partial charge in [0.2, 0.25) is 0 Å². The Morgan fingerprint density at radius 1 is 1.05 bits per heavy atom. The lowest BCUT2D eigenvalue weighted by Gasteiger charge is -2.32. The Balaban J connectivity index is 1.38. The number of benzene rings is 2. The van der Waals surface area contributed by atoms with Crippen LogP contribution in [0.1, 0.15) is 15.9 Å². The third-order valence-electron chi connectivity index (χ3n) is 6.23. The summed E-state index contributed by atoms with van der Waals surface area (Å²) in [6.07, 6.45) is 0.688. The highest BCUT2D eigenvalue weighted by Crippen LogP contribution is 2.25. The van der Waals surface area contributed by atoms with Crippen molar-refractivity contribution in [3.63, 3.8) is 0 Å². The number of anilines is 1. The van der Waals surface area contributed by atoms with Gasteiger partial charge in [-0.25, -0.2) is 4.79 Å². The second-order valence-electron chi connectivity index (χ2n) is 8.90. The zero-order chi connectivity index (χ0) is 26.2. The number of nitrogens with one attached hydrogen (secondary N) is 1. The zero-order valence-corrected chi connectivity index (χ0v) is 22.6. The van der Waals surface area contributed by atoms with E-state index in [2.05, 4.69) is 32.1 Å². The molecule has 0 bridgehead atoms. The number of nitrogens with zero attached hydrogens (tertiary/aromatic N) is 4. The summed E-state index contributed by atoms with van der Waals surface area (Å²) in [5, 5.41) is 4.53. The number of carbonyl (C=O) groups is 1. The number of hydrogen-bond acceptors (Lipinski definition) is 8. The molecule has 3 aromatic rings. The lowest BCUT2D eigenvalue weighted by molar-refractivity contribution is 0.0432. The van der Waals surface area contributed by atoms with Crippen LogP contribution in [0.5, 0.6) is 6.01 Å². The van der Waals surface area contributed by atoms with Gasteiger partial charge in [0.25, 0.3) is 0 Å². The molecule has 2 aromatic carbocycles. The largest absolute Gasteiger partial charge is 0.467 e. The number of carbonyl (C=O) groups excluding carboxylic acids is 1. The highest BCUT2D eigenvalue weighted by Gasteiger charge is 2.15. The summed E-state index contributed by atoms with van der Waals surface area (Å²) in [7, 11) is 3.64. The molecule has 8 nitrogen and oxygen atoms in total. The summed E-state index contributed by atoms with van der Waals surface area (Å²) in [5.41, 5.74) is 2.85. The number of ether oxygens (including phenoxy) is 2. The van der Waals surface area contributed by atoms with Crippen molar-refractivity contribution in [3.8, 4) is 17.3 Å². The number of likely N-dealkylation sites (N-methyl/N-ethyl adjacent to an activating group) is 1. The van der Waals surface area contributed by atoms with E-state index in [1.165, 1.54) is 7.11 Å². The van der Waals surface area contributed by atoms with E-state index < -0.39 is 0 Å². The zero-order valence-electron chi connectivity index (χ0n) is 21.0. The third kappa shape index (κ3) is 7.79. The van der Waals surface area contributed by atoms with Gasteiger partial charge in [-0.05, 0) is 43.3 Å². The minimum Gasteiger partial charge on any atom is -0.467 e. The van der Waals surface area contributed by atoms with Crippen LogP contribution in [0, 0.1) is 0 Å². The molecule has 1 N–H and O–H groups in total. The molecule has 0 radical (unpaired) electrons. The molecule has 1 aromatic heterocycles. The number of methoxy groups -OCH3 is 1. The van der Waals surface area contributed by atoms with Gasteiger partial charge in [0.05, 0.1) is 18.4 Å². The summed E-state index contributed by atoms with van der Waals surface area (Å²) in [6, 6.07) is 14.7. The predicted octanol–water partition coefficient (Wildman–Crippen LogP) is 4.52. The predicted molar refractivity (Wildman–Crippen MR) is 147 cm³/mol. The number of hydrogen-bond donors (Lipinski definition) is 1. The third-order valence-corrected chi connectivity index (χ3v) is 6.82. The second kappa shape index (κ2) is 13.1. The van der Waals surface area contributed by atoms with Crippen molar-refractivity contribution in [2.45, 2.75) is 6.42 Å². The van der Waals surface area contributed by atoms with Crippen LogP contribution in [-0.2, 0) is 11.2 Å². The summed E-state index contributed by atoms with van der Waals surface area (Å²) in [4.78, 5) is 26.2. The van der Waals surface area contributed by atoms with E-state index >= 15 is 0 Å².